The smallest absolute Gasteiger partial charge is 0.237 e. The minimum Gasteiger partial charge on any atom is -0.486 e. The van der Waals surface area contributed by atoms with Crippen molar-refractivity contribution >= 4 is 23.4 Å². The van der Waals surface area contributed by atoms with Gasteiger partial charge in [0.25, 0.3) is 0 Å². The monoisotopic (exact) mass is 434 g/mol. The lowest BCUT2D eigenvalue weighted by atomic mass is 10.1. The van der Waals surface area contributed by atoms with Gasteiger partial charge in [0.15, 0.2) is 11.0 Å². The van der Waals surface area contributed by atoms with Gasteiger partial charge in [-0.2, -0.15) is 0 Å². The van der Waals surface area contributed by atoms with Crippen LogP contribution in [0.4, 0.5) is 5.69 Å². The van der Waals surface area contributed by atoms with Gasteiger partial charge in [-0.05, 0) is 49.6 Å². The zero-order valence-electron chi connectivity index (χ0n) is 17.8. The molecule has 2 aromatic carbocycles. The number of allylic oxidation sites excluding steroid dienone is 1. The van der Waals surface area contributed by atoms with Gasteiger partial charge in [0.1, 0.15) is 12.4 Å². The van der Waals surface area contributed by atoms with Crippen molar-refractivity contribution in [2.75, 3.05) is 10.7 Å². The number of anilines is 1. The summed E-state index contributed by atoms with van der Waals surface area (Å²) in [6, 6.07) is 16.2. The number of amides is 1. The average Bonchev–Trinajstić information content (AvgIpc) is 3.30. The van der Waals surface area contributed by atoms with Gasteiger partial charge in [-0.1, -0.05) is 48.2 Å². The van der Waals surface area contributed by atoms with Gasteiger partial charge in [-0.15, -0.1) is 16.8 Å². The van der Waals surface area contributed by atoms with E-state index in [0.717, 1.165) is 23.4 Å². The molecule has 0 bridgehead atoms. The topological polar surface area (TPSA) is 60.2 Å². The first-order valence-corrected chi connectivity index (χ1v) is 11.3. The van der Waals surface area contributed by atoms with Crippen LogP contribution in [0, 0.1) is 6.92 Å². The number of ether oxygens (including phenoxy) is 1. The van der Waals surface area contributed by atoms with Crippen LogP contribution in [0.1, 0.15) is 23.9 Å². The SMILES string of the molecule is C=CCn1c(COc2cccc(C)c2)nnc1SCC(=O)N1c2ccccc2CC1C. The number of hydrogen-bond acceptors (Lipinski definition) is 5. The summed E-state index contributed by atoms with van der Waals surface area (Å²) in [6.07, 6.45) is 2.68. The largest absolute Gasteiger partial charge is 0.486 e. The van der Waals surface area contributed by atoms with Gasteiger partial charge in [-0.25, -0.2) is 0 Å². The van der Waals surface area contributed by atoms with Crippen molar-refractivity contribution in [1.82, 2.24) is 14.8 Å². The van der Waals surface area contributed by atoms with Gasteiger partial charge in [0.2, 0.25) is 5.91 Å². The summed E-state index contributed by atoms with van der Waals surface area (Å²) in [4.78, 5) is 14.9. The number of aromatic nitrogens is 3. The number of carbonyl (C=O) groups is 1. The second kappa shape index (κ2) is 9.39. The summed E-state index contributed by atoms with van der Waals surface area (Å²) in [5.41, 5.74) is 3.37. The molecular weight excluding hydrogens is 408 g/mol. The van der Waals surface area contributed by atoms with E-state index in [1.807, 2.05) is 58.9 Å². The lowest BCUT2D eigenvalue weighted by Crippen LogP contribution is -2.37. The standard InChI is InChI=1S/C24H26N4O2S/c1-4-12-27-22(15-30-20-10-7-8-17(2)13-20)25-26-24(27)31-16-23(29)28-18(3)14-19-9-5-6-11-21(19)28/h4-11,13,18H,1,12,14-16H2,2-3H3. The Morgan fingerprint density at radius 3 is 2.90 bits per heavy atom. The maximum atomic E-state index is 13.0. The van der Waals surface area contributed by atoms with E-state index in [1.165, 1.54) is 17.3 Å². The summed E-state index contributed by atoms with van der Waals surface area (Å²) < 4.78 is 7.84. The molecule has 1 aliphatic rings. The van der Waals surface area contributed by atoms with E-state index in [2.05, 4.69) is 29.8 Å². The molecule has 4 rings (SSSR count). The fourth-order valence-electron chi connectivity index (χ4n) is 3.84. The first kappa shape index (κ1) is 21.2. The van der Waals surface area contributed by atoms with Crippen LogP contribution in [0.5, 0.6) is 5.75 Å². The molecule has 3 aromatic rings. The van der Waals surface area contributed by atoms with Crippen LogP contribution >= 0.6 is 11.8 Å². The third-order valence-electron chi connectivity index (χ3n) is 5.26. The number of benzene rings is 2. The second-order valence-corrected chi connectivity index (χ2v) is 8.58. The number of para-hydroxylation sites is 1. The van der Waals surface area contributed by atoms with E-state index in [4.69, 9.17) is 4.74 Å². The van der Waals surface area contributed by atoms with Gasteiger partial charge < -0.3 is 9.64 Å². The number of carbonyl (C=O) groups excluding carboxylic acids is 1. The molecule has 0 radical (unpaired) electrons. The molecule has 31 heavy (non-hydrogen) atoms. The van der Waals surface area contributed by atoms with Crippen LogP contribution in [-0.4, -0.2) is 32.5 Å². The highest BCUT2D eigenvalue weighted by Gasteiger charge is 2.30. The van der Waals surface area contributed by atoms with Gasteiger partial charge in [0.05, 0.1) is 5.75 Å². The molecule has 1 amide bonds. The van der Waals surface area contributed by atoms with E-state index < -0.39 is 0 Å². The lowest BCUT2D eigenvalue weighted by molar-refractivity contribution is -0.116. The highest BCUT2D eigenvalue weighted by molar-refractivity contribution is 7.99. The molecule has 0 N–H and O–H groups in total. The maximum absolute atomic E-state index is 13.0. The van der Waals surface area contributed by atoms with Crippen molar-refractivity contribution in [3.8, 4) is 5.75 Å². The van der Waals surface area contributed by atoms with Crippen molar-refractivity contribution in [3.63, 3.8) is 0 Å². The number of aryl methyl sites for hydroxylation is 1. The predicted molar refractivity (Wildman–Crippen MR) is 124 cm³/mol. The van der Waals surface area contributed by atoms with Crippen LogP contribution in [0.25, 0.3) is 0 Å². The minimum absolute atomic E-state index is 0.0770. The zero-order valence-corrected chi connectivity index (χ0v) is 18.6. The van der Waals surface area contributed by atoms with Crippen LogP contribution in [-0.2, 0) is 24.4 Å². The summed E-state index contributed by atoms with van der Waals surface area (Å²) >= 11 is 1.40. The zero-order chi connectivity index (χ0) is 21.8. The Labute approximate surface area is 186 Å². The van der Waals surface area contributed by atoms with E-state index in [9.17, 15) is 4.79 Å². The minimum atomic E-state index is 0.0770. The van der Waals surface area contributed by atoms with Crippen molar-refractivity contribution in [2.45, 2.75) is 44.6 Å². The third kappa shape index (κ3) is 4.66. The second-order valence-electron chi connectivity index (χ2n) is 7.64. The molecule has 7 heteroatoms. The molecule has 1 unspecified atom stereocenters. The first-order valence-electron chi connectivity index (χ1n) is 10.3. The Morgan fingerprint density at radius 1 is 1.26 bits per heavy atom. The van der Waals surface area contributed by atoms with E-state index in [-0.39, 0.29) is 11.9 Å². The summed E-state index contributed by atoms with van der Waals surface area (Å²) in [6.45, 7) is 8.81. The van der Waals surface area contributed by atoms with Crippen molar-refractivity contribution < 1.29 is 9.53 Å². The van der Waals surface area contributed by atoms with Crippen LogP contribution in [0.3, 0.4) is 0 Å². The number of rotatable bonds is 8. The highest BCUT2D eigenvalue weighted by Crippen LogP contribution is 2.32. The Hall–Kier alpha value is -3.06. The van der Waals surface area contributed by atoms with E-state index >= 15 is 0 Å². The summed E-state index contributed by atoms with van der Waals surface area (Å²) in [7, 11) is 0. The number of thioether (sulfide) groups is 1. The number of hydrogen-bond donors (Lipinski definition) is 0. The molecule has 0 fully saturated rings. The van der Waals surface area contributed by atoms with Gasteiger partial charge in [0, 0.05) is 18.3 Å². The Morgan fingerprint density at radius 2 is 2.10 bits per heavy atom. The fraction of sp³-hybridized carbons (Fsp3) is 0.292. The lowest BCUT2D eigenvalue weighted by Gasteiger charge is -2.22. The molecule has 0 spiro atoms. The van der Waals surface area contributed by atoms with Crippen LogP contribution < -0.4 is 9.64 Å². The molecule has 0 saturated carbocycles. The molecule has 160 valence electrons. The average molecular weight is 435 g/mol. The molecule has 1 aliphatic heterocycles. The van der Waals surface area contributed by atoms with Crippen LogP contribution in [0.15, 0.2) is 66.3 Å². The Balaban J connectivity index is 1.44. The highest BCUT2D eigenvalue weighted by atomic mass is 32.2. The third-order valence-corrected chi connectivity index (χ3v) is 6.21. The van der Waals surface area contributed by atoms with Gasteiger partial charge >= 0.3 is 0 Å². The van der Waals surface area contributed by atoms with E-state index in [0.29, 0.717) is 29.9 Å². The van der Waals surface area contributed by atoms with Crippen molar-refractivity contribution in [1.29, 1.82) is 0 Å². The van der Waals surface area contributed by atoms with Crippen LogP contribution in [0.2, 0.25) is 0 Å². The molecule has 0 saturated heterocycles. The predicted octanol–water partition coefficient (Wildman–Crippen LogP) is 4.42. The maximum Gasteiger partial charge on any atom is 0.237 e. The quantitative estimate of drug-likeness (QED) is 0.388. The Kier molecular flexibility index (Phi) is 6.42. The van der Waals surface area contributed by atoms with Crippen molar-refractivity contribution in [2.24, 2.45) is 0 Å². The number of fused-ring (bicyclic) bond motifs is 1. The molecule has 2 heterocycles. The molecule has 6 nitrogen and oxygen atoms in total. The summed E-state index contributed by atoms with van der Waals surface area (Å²) in [5, 5.41) is 9.29. The molecule has 1 atom stereocenters. The first-order chi connectivity index (χ1) is 15.1. The van der Waals surface area contributed by atoms with Crippen molar-refractivity contribution in [3.05, 3.63) is 78.1 Å². The van der Waals surface area contributed by atoms with E-state index in [1.54, 1.807) is 6.08 Å². The fourth-order valence-corrected chi connectivity index (χ4v) is 4.67. The molecule has 1 aromatic heterocycles. The summed E-state index contributed by atoms with van der Waals surface area (Å²) in [5.74, 6) is 1.87. The normalized spacial score (nSPS) is 15.0. The number of nitrogens with zero attached hydrogens (tertiary/aromatic N) is 4. The Bertz CT molecular complexity index is 1090. The molecule has 0 aliphatic carbocycles. The molecular formula is C24H26N4O2S. The van der Waals surface area contributed by atoms with Gasteiger partial charge in [-0.3, -0.25) is 9.36 Å².